The van der Waals surface area contributed by atoms with E-state index in [1.54, 1.807) is 6.07 Å². The Hall–Kier alpha value is -2.90. The van der Waals surface area contributed by atoms with Crippen LogP contribution in [0.25, 0.3) is 0 Å². The molecule has 4 rings (SSSR count). The number of halogens is 6. The fourth-order valence-electron chi connectivity index (χ4n) is 5.11. The van der Waals surface area contributed by atoms with Crippen LogP contribution in [0.2, 0.25) is 5.02 Å². The summed E-state index contributed by atoms with van der Waals surface area (Å²) >= 11 is 6.34. The molecular formula is C36H42Cl3F3N2O. The van der Waals surface area contributed by atoms with Crippen molar-refractivity contribution in [1.82, 2.24) is 4.90 Å². The lowest BCUT2D eigenvalue weighted by Crippen LogP contribution is -2.31. The Balaban J connectivity index is 0.00000353. The highest BCUT2D eigenvalue weighted by Gasteiger charge is 2.34. The van der Waals surface area contributed by atoms with Gasteiger partial charge in [0.15, 0.2) is 0 Å². The maximum Gasteiger partial charge on any atom is 0.417 e. The summed E-state index contributed by atoms with van der Waals surface area (Å²) in [6.07, 6.45) is -2.73. The van der Waals surface area contributed by atoms with Gasteiger partial charge in [-0.05, 0) is 53.6 Å². The zero-order chi connectivity index (χ0) is 30.7. The Morgan fingerprint density at radius 1 is 0.822 bits per heavy atom. The van der Waals surface area contributed by atoms with Crippen LogP contribution < -0.4 is 10.1 Å². The van der Waals surface area contributed by atoms with Gasteiger partial charge in [-0.25, -0.2) is 0 Å². The van der Waals surface area contributed by atoms with Crippen LogP contribution in [0.3, 0.4) is 0 Å². The summed E-state index contributed by atoms with van der Waals surface area (Å²) in [6, 6.07) is 32.5. The van der Waals surface area contributed by atoms with Crippen molar-refractivity contribution >= 4 is 42.1 Å². The molecule has 0 unspecified atom stereocenters. The molecule has 3 nitrogen and oxygen atoms in total. The third-order valence-electron chi connectivity index (χ3n) is 7.39. The van der Waals surface area contributed by atoms with Crippen LogP contribution in [0.1, 0.15) is 54.9 Å². The van der Waals surface area contributed by atoms with E-state index in [4.69, 9.17) is 16.3 Å². The van der Waals surface area contributed by atoms with Crippen LogP contribution in [0.15, 0.2) is 103 Å². The molecule has 1 N–H and O–H groups in total. The lowest BCUT2D eigenvalue weighted by Gasteiger charge is -2.29. The van der Waals surface area contributed by atoms with Gasteiger partial charge in [-0.2, -0.15) is 13.2 Å². The second kappa shape index (κ2) is 18.9. The highest BCUT2D eigenvalue weighted by Crippen LogP contribution is 2.37. The molecule has 0 spiro atoms. The zero-order valence-electron chi connectivity index (χ0n) is 25.6. The quantitative estimate of drug-likeness (QED) is 0.126. The van der Waals surface area contributed by atoms with E-state index >= 15 is 0 Å². The van der Waals surface area contributed by atoms with Crippen molar-refractivity contribution < 1.29 is 17.9 Å². The van der Waals surface area contributed by atoms with Crippen LogP contribution in [0.4, 0.5) is 18.9 Å². The number of nitrogens with zero attached hydrogens (tertiary/aromatic N) is 1. The standard InChI is InChI=1S/C36H40ClF3N2O.2ClH/c1-27(2)20-21-41-31-17-10-18-32(24-31)43-23-11-22-42(25-30-16-9-19-34(35(30)37)36(38,39)40)26-33(28-12-5-3-6-13-28)29-14-7-4-8-15-29;;/h3-10,12-19,24,27,33,41H,11,20-23,25-26H2,1-2H3;2*1H. The molecule has 9 heteroatoms. The summed E-state index contributed by atoms with van der Waals surface area (Å²) in [7, 11) is 0. The van der Waals surface area contributed by atoms with Gasteiger partial charge in [0.25, 0.3) is 0 Å². The lowest BCUT2D eigenvalue weighted by molar-refractivity contribution is -0.137. The van der Waals surface area contributed by atoms with E-state index in [-0.39, 0.29) is 42.3 Å². The van der Waals surface area contributed by atoms with Crippen LogP contribution in [-0.4, -0.2) is 31.1 Å². The molecule has 4 aromatic rings. The number of hydrogen-bond acceptors (Lipinski definition) is 3. The van der Waals surface area contributed by atoms with Gasteiger partial charge < -0.3 is 10.1 Å². The average molecular weight is 682 g/mol. The predicted octanol–water partition coefficient (Wildman–Crippen LogP) is 10.8. The molecule has 0 fully saturated rings. The largest absolute Gasteiger partial charge is 0.493 e. The topological polar surface area (TPSA) is 24.5 Å². The van der Waals surface area contributed by atoms with Crippen molar-refractivity contribution in [3.05, 3.63) is 130 Å². The Morgan fingerprint density at radius 3 is 2.04 bits per heavy atom. The van der Waals surface area contributed by atoms with Gasteiger partial charge in [-0.1, -0.05) is 104 Å². The third-order valence-corrected chi connectivity index (χ3v) is 7.84. The Labute approximate surface area is 283 Å². The van der Waals surface area contributed by atoms with Crippen LogP contribution >= 0.6 is 36.4 Å². The SMILES string of the molecule is CC(C)CCNc1cccc(OCCCN(Cc2cccc(C(F)(F)F)c2Cl)CC(c2ccccc2)c2ccccc2)c1.Cl.Cl. The van der Waals surface area contributed by atoms with E-state index in [0.29, 0.717) is 37.6 Å². The van der Waals surface area contributed by atoms with Gasteiger partial charge in [0, 0.05) is 43.9 Å². The summed E-state index contributed by atoms with van der Waals surface area (Å²) in [5.41, 5.74) is 2.96. The average Bonchev–Trinajstić information content (AvgIpc) is 2.99. The van der Waals surface area contributed by atoms with Crippen molar-refractivity contribution in [1.29, 1.82) is 0 Å². The number of benzene rings is 4. The van der Waals surface area contributed by atoms with Crippen molar-refractivity contribution in [3.63, 3.8) is 0 Å². The van der Waals surface area contributed by atoms with E-state index in [9.17, 15) is 13.2 Å². The molecule has 0 saturated carbocycles. The Morgan fingerprint density at radius 2 is 1.44 bits per heavy atom. The number of anilines is 1. The van der Waals surface area contributed by atoms with Gasteiger partial charge in [-0.3, -0.25) is 4.90 Å². The normalized spacial score (nSPS) is 11.3. The minimum Gasteiger partial charge on any atom is -0.493 e. The Kier molecular flexibility index (Phi) is 16.1. The Bertz CT molecular complexity index is 1370. The molecule has 45 heavy (non-hydrogen) atoms. The van der Waals surface area contributed by atoms with Gasteiger partial charge in [0.1, 0.15) is 5.75 Å². The van der Waals surface area contributed by atoms with Crippen molar-refractivity contribution in [2.45, 2.75) is 45.3 Å². The monoisotopic (exact) mass is 680 g/mol. The maximum atomic E-state index is 13.6. The molecule has 0 bridgehead atoms. The van der Waals surface area contributed by atoms with Gasteiger partial charge >= 0.3 is 6.18 Å². The number of rotatable bonds is 15. The summed E-state index contributed by atoms with van der Waals surface area (Å²) in [5.74, 6) is 1.44. The molecular weight excluding hydrogens is 640 g/mol. The highest BCUT2D eigenvalue weighted by atomic mass is 35.5. The van der Waals surface area contributed by atoms with E-state index in [1.165, 1.54) is 6.07 Å². The lowest BCUT2D eigenvalue weighted by atomic mass is 9.90. The molecule has 0 aliphatic rings. The molecule has 0 saturated heterocycles. The zero-order valence-corrected chi connectivity index (χ0v) is 28.0. The maximum absolute atomic E-state index is 13.6. The first-order valence-corrected chi connectivity index (χ1v) is 15.2. The fraction of sp³-hybridized carbons (Fsp3) is 0.333. The van der Waals surface area contributed by atoms with E-state index in [0.717, 1.165) is 41.6 Å². The molecule has 0 radical (unpaired) electrons. The van der Waals surface area contributed by atoms with E-state index in [1.807, 2.05) is 60.7 Å². The van der Waals surface area contributed by atoms with E-state index < -0.39 is 11.7 Å². The summed E-state index contributed by atoms with van der Waals surface area (Å²) in [5, 5.41) is 3.20. The molecule has 0 amide bonds. The smallest absolute Gasteiger partial charge is 0.417 e. The number of alkyl halides is 3. The fourth-order valence-corrected chi connectivity index (χ4v) is 5.40. The first-order chi connectivity index (χ1) is 20.7. The molecule has 0 heterocycles. The number of ether oxygens (including phenoxy) is 1. The second-order valence-corrected chi connectivity index (χ2v) is 11.6. The van der Waals surface area contributed by atoms with Crippen molar-refractivity contribution in [2.75, 3.05) is 31.6 Å². The molecule has 0 atom stereocenters. The molecule has 0 aliphatic carbocycles. The summed E-state index contributed by atoms with van der Waals surface area (Å²) in [6.45, 7) is 7.29. The van der Waals surface area contributed by atoms with Crippen molar-refractivity contribution in [3.8, 4) is 5.75 Å². The van der Waals surface area contributed by atoms with Crippen LogP contribution in [-0.2, 0) is 12.7 Å². The summed E-state index contributed by atoms with van der Waals surface area (Å²) < 4.78 is 47.0. The molecule has 4 aromatic carbocycles. The highest BCUT2D eigenvalue weighted by molar-refractivity contribution is 6.32. The predicted molar refractivity (Wildman–Crippen MR) is 185 cm³/mol. The van der Waals surface area contributed by atoms with Gasteiger partial charge in [0.2, 0.25) is 0 Å². The number of hydrogen-bond donors (Lipinski definition) is 1. The van der Waals surface area contributed by atoms with Gasteiger partial charge in [0.05, 0.1) is 17.2 Å². The first kappa shape index (κ1) is 38.3. The van der Waals surface area contributed by atoms with Crippen LogP contribution in [0.5, 0.6) is 5.75 Å². The number of nitrogens with one attached hydrogen (secondary N) is 1. The van der Waals surface area contributed by atoms with Crippen molar-refractivity contribution in [2.24, 2.45) is 5.92 Å². The molecule has 0 aliphatic heterocycles. The summed E-state index contributed by atoms with van der Waals surface area (Å²) in [4.78, 5) is 2.18. The van der Waals surface area contributed by atoms with Crippen LogP contribution in [0, 0.1) is 5.92 Å². The van der Waals surface area contributed by atoms with Gasteiger partial charge in [-0.15, -0.1) is 24.8 Å². The molecule has 244 valence electrons. The minimum atomic E-state index is -4.51. The molecule has 0 aromatic heterocycles. The van der Waals surface area contributed by atoms with E-state index in [2.05, 4.69) is 48.3 Å². The third kappa shape index (κ3) is 12.1. The second-order valence-electron chi connectivity index (χ2n) is 11.2. The minimum absolute atomic E-state index is 0. The first-order valence-electron chi connectivity index (χ1n) is 14.8.